The summed E-state index contributed by atoms with van der Waals surface area (Å²) in [5.41, 5.74) is 6.52. The van der Waals surface area contributed by atoms with E-state index in [0.29, 0.717) is 11.0 Å². The Labute approximate surface area is 161 Å². The van der Waals surface area contributed by atoms with Gasteiger partial charge in [-0.2, -0.15) is 0 Å². The Kier molecular flexibility index (Phi) is 5.59. The van der Waals surface area contributed by atoms with Crippen molar-refractivity contribution in [3.63, 3.8) is 0 Å². The lowest BCUT2D eigenvalue weighted by Crippen LogP contribution is -2.29. The summed E-state index contributed by atoms with van der Waals surface area (Å²) >= 11 is 0. The molecule has 0 unspecified atom stereocenters. The smallest absolute Gasteiger partial charge is 0.450 e. The molecule has 0 bridgehead atoms. The number of anilines is 2. The van der Waals surface area contributed by atoms with Crippen molar-refractivity contribution in [2.45, 2.75) is 24.2 Å². The number of carbonyl (C=O) groups is 1. The molecule has 1 aliphatic heterocycles. The maximum Gasteiger partial charge on any atom is 0.491 e. The fourth-order valence-electron chi connectivity index (χ4n) is 2.88. The number of benzene rings is 2. The van der Waals surface area contributed by atoms with Gasteiger partial charge in [-0.1, -0.05) is 6.07 Å². The number of fused-ring (bicyclic) bond motifs is 1. The highest BCUT2D eigenvalue weighted by Crippen LogP contribution is 2.28. The minimum Gasteiger partial charge on any atom is -0.450 e. The lowest BCUT2D eigenvalue weighted by Gasteiger charge is -2.13. The third-order valence-corrected chi connectivity index (χ3v) is 5.88. The molecule has 1 heterocycles. The number of nitrogen functional groups attached to an aromatic ring is 1. The molecule has 0 atom stereocenters. The van der Waals surface area contributed by atoms with Crippen LogP contribution in [0.25, 0.3) is 0 Å². The number of amides is 1. The normalized spacial score (nSPS) is 13.3. The van der Waals surface area contributed by atoms with Gasteiger partial charge in [-0.05, 0) is 42.2 Å². The Morgan fingerprint density at radius 1 is 1.39 bits per heavy atom. The van der Waals surface area contributed by atoms with Crippen LogP contribution in [0.4, 0.5) is 20.6 Å². The number of halogens is 1. The molecule has 2 aromatic carbocycles. The highest BCUT2D eigenvalue weighted by molar-refractivity contribution is 7.90. The van der Waals surface area contributed by atoms with Gasteiger partial charge >= 0.3 is 13.2 Å². The first-order valence-corrected chi connectivity index (χ1v) is 10.0. The Hall–Kier alpha value is -2.63. The largest absolute Gasteiger partial charge is 0.491 e. The summed E-state index contributed by atoms with van der Waals surface area (Å²) in [4.78, 5) is 11.5. The number of nitrogens with one attached hydrogen (secondary N) is 1. The van der Waals surface area contributed by atoms with Crippen molar-refractivity contribution in [3.8, 4) is 0 Å². The monoisotopic (exact) mass is 408 g/mol. The molecule has 1 aliphatic rings. The van der Waals surface area contributed by atoms with Crippen molar-refractivity contribution >= 4 is 39.9 Å². The molecule has 2 aromatic rings. The molecule has 0 aromatic heterocycles. The molecule has 148 valence electrons. The maximum absolute atomic E-state index is 14.4. The van der Waals surface area contributed by atoms with Crippen LogP contribution in [0.15, 0.2) is 35.2 Å². The van der Waals surface area contributed by atoms with Gasteiger partial charge in [0.25, 0.3) is 0 Å². The first-order valence-electron chi connectivity index (χ1n) is 8.38. The van der Waals surface area contributed by atoms with E-state index in [0.717, 1.165) is 6.07 Å². The predicted molar refractivity (Wildman–Crippen MR) is 101 cm³/mol. The van der Waals surface area contributed by atoms with Crippen molar-refractivity contribution < 1.29 is 32.0 Å². The van der Waals surface area contributed by atoms with Crippen molar-refractivity contribution in [3.05, 3.63) is 47.3 Å². The van der Waals surface area contributed by atoms with E-state index in [1.807, 2.05) is 0 Å². The Morgan fingerprint density at radius 2 is 2.14 bits per heavy atom. The van der Waals surface area contributed by atoms with E-state index in [2.05, 4.69) is 5.32 Å². The van der Waals surface area contributed by atoms with Crippen LogP contribution in [-0.2, 0) is 31.6 Å². The number of rotatable bonds is 5. The number of carbonyl (C=O) groups excluding carboxylic acids is 1. The third kappa shape index (κ3) is 4.11. The van der Waals surface area contributed by atoms with Gasteiger partial charge in [0.15, 0.2) is 9.84 Å². The number of hydrogen-bond acceptors (Lipinski definition) is 7. The summed E-state index contributed by atoms with van der Waals surface area (Å²) in [7, 11) is -5.29. The van der Waals surface area contributed by atoms with Gasteiger partial charge in [-0.25, -0.2) is 17.6 Å². The highest BCUT2D eigenvalue weighted by atomic mass is 32.2. The number of nitrogens with two attached hydrogens (primary N) is 1. The summed E-state index contributed by atoms with van der Waals surface area (Å²) in [6.07, 6.45) is -0.839. The Balaban J connectivity index is 1.96. The van der Waals surface area contributed by atoms with Gasteiger partial charge in [0.1, 0.15) is 5.82 Å². The summed E-state index contributed by atoms with van der Waals surface area (Å²) in [5.74, 6) is -1.41. The maximum atomic E-state index is 14.4. The quantitative estimate of drug-likeness (QED) is 0.501. The number of hydrogen-bond donors (Lipinski definition) is 3. The van der Waals surface area contributed by atoms with Crippen LogP contribution in [0.1, 0.15) is 18.1 Å². The molecule has 0 spiro atoms. The lowest BCUT2D eigenvalue weighted by atomic mass is 9.79. The second-order valence-corrected chi connectivity index (χ2v) is 8.12. The molecule has 0 radical (unpaired) electrons. The second kappa shape index (κ2) is 7.78. The fourth-order valence-corrected chi connectivity index (χ4v) is 4.38. The SMILES string of the molecule is CCOC(=O)Nc1cc(N)ccc1S(=O)(=O)Cc1cc2c(cc1F)COB2O. The van der Waals surface area contributed by atoms with E-state index >= 15 is 0 Å². The Bertz CT molecular complexity index is 1030. The van der Waals surface area contributed by atoms with E-state index in [9.17, 15) is 22.6 Å². The summed E-state index contributed by atoms with van der Waals surface area (Å²) in [6, 6.07) is 6.29. The molecule has 0 fully saturated rings. The van der Waals surface area contributed by atoms with Crippen molar-refractivity contribution in [1.29, 1.82) is 0 Å². The summed E-state index contributed by atoms with van der Waals surface area (Å²) in [5, 5.41) is 12.1. The van der Waals surface area contributed by atoms with Crippen molar-refractivity contribution in [2.24, 2.45) is 0 Å². The van der Waals surface area contributed by atoms with E-state index in [1.54, 1.807) is 6.92 Å². The summed E-state index contributed by atoms with van der Waals surface area (Å²) < 4.78 is 50.0. The van der Waals surface area contributed by atoms with Crippen LogP contribution in [0.3, 0.4) is 0 Å². The average Bonchev–Trinajstić information content (AvgIpc) is 2.95. The van der Waals surface area contributed by atoms with E-state index in [-0.39, 0.29) is 35.0 Å². The first-order chi connectivity index (χ1) is 13.2. The Morgan fingerprint density at radius 3 is 2.86 bits per heavy atom. The van der Waals surface area contributed by atoms with Gasteiger partial charge in [0.05, 0.1) is 29.5 Å². The lowest BCUT2D eigenvalue weighted by molar-refractivity contribution is 0.168. The molecule has 4 N–H and O–H groups in total. The van der Waals surface area contributed by atoms with Gasteiger partial charge in [-0.3, -0.25) is 5.32 Å². The molecular weight excluding hydrogens is 390 g/mol. The minimum atomic E-state index is -4.07. The van der Waals surface area contributed by atoms with Crippen molar-refractivity contribution in [2.75, 3.05) is 17.7 Å². The van der Waals surface area contributed by atoms with Gasteiger partial charge < -0.3 is 20.1 Å². The molecule has 1 amide bonds. The third-order valence-electron chi connectivity index (χ3n) is 4.17. The first kappa shape index (κ1) is 20.1. The van der Waals surface area contributed by atoms with Crippen molar-refractivity contribution in [1.82, 2.24) is 0 Å². The van der Waals surface area contributed by atoms with Crippen LogP contribution >= 0.6 is 0 Å². The standard InChI is InChI=1S/C17H18BFN2O6S/c1-2-26-17(22)21-15-7-12(20)3-4-16(15)28(24,25)9-11-5-13-10(6-14(11)19)8-27-18(13)23/h3-7,23H,2,8-9,20H2,1H3,(H,21,22). The van der Waals surface area contributed by atoms with Crippen LogP contribution in [-0.4, -0.2) is 33.3 Å². The zero-order valence-electron chi connectivity index (χ0n) is 14.9. The minimum absolute atomic E-state index is 0.0476. The van der Waals surface area contributed by atoms with Gasteiger partial charge in [0, 0.05) is 11.3 Å². The van der Waals surface area contributed by atoms with Crippen LogP contribution < -0.4 is 16.5 Å². The molecule has 0 saturated heterocycles. The highest BCUT2D eigenvalue weighted by Gasteiger charge is 2.30. The second-order valence-electron chi connectivity index (χ2n) is 6.17. The predicted octanol–water partition coefficient (Wildman–Crippen LogP) is 1.17. The van der Waals surface area contributed by atoms with Crippen LogP contribution in [0.2, 0.25) is 0 Å². The average molecular weight is 408 g/mol. The van der Waals surface area contributed by atoms with Crippen LogP contribution in [0.5, 0.6) is 0 Å². The fraction of sp³-hybridized carbons (Fsp3) is 0.235. The summed E-state index contributed by atoms with van der Waals surface area (Å²) in [6.45, 7) is 1.75. The van der Waals surface area contributed by atoms with Gasteiger partial charge in [0.2, 0.25) is 0 Å². The molecule has 3 rings (SSSR count). The van der Waals surface area contributed by atoms with E-state index in [4.69, 9.17) is 15.1 Å². The molecule has 0 saturated carbocycles. The van der Waals surface area contributed by atoms with Crippen LogP contribution in [0, 0.1) is 5.82 Å². The number of sulfone groups is 1. The molecule has 0 aliphatic carbocycles. The zero-order valence-corrected chi connectivity index (χ0v) is 15.8. The van der Waals surface area contributed by atoms with E-state index < -0.39 is 34.6 Å². The topological polar surface area (TPSA) is 128 Å². The molecule has 11 heteroatoms. The molecule has 28 heavy (non-hydrogen) atoms. The molecular formula is C17H18BFN2O6S. The zero-order chi connectivity index (χ0) is 20.5. The number of ether oxygens (including phenoxy) is 1. The van der Waals surface area contributed by atoms with E-state index in [1.165, 1.54) is 24.3 Å². The molecule has 8 nitrogen and oxygen atoms in total. The van der Waals surface area contributed by atoms with Gasteiger partial charge in [-0.15, -0.1) is 0 Å².